The van der Waals surface area contributed by atoms with E-state index in [1.807, 2.05) is 20.8 Å². The van der Waals surface area contributed by atoms with Gasteiger partial charge in [0.2, 0.25) is 5.91 Å². The molecule has 0 saturated heterocycles. The molecule has 0 heterocycles. The second-order valence-corrected chi connectivity index (χ2v) is 6.58. The predicted octanol–water partition coefficient (Wildman–Crippen LogP) is 2.72. The lowest BCUT2D eigenvalue weighted by Gasteiger charge is -2.29. The molecule has 1 atom stereocenters. The van der Waals surface area contributed by atoms with Crippen molar-refractivity contribution in [1.82, 2.24) is 5.32 Å². The van der Waals surface area contributed by atoms with Crippen LogP contribution in [0, 0.1) is 6.92 Å². The van der Waals surface area contributed by atoms with Gasteiger partial charge < -0.3 is 11.1 Å². The monoisotopic (exact) mass is 280 g/mol. The molecule has 0 bridgehead atoms. The highest BCUT2D eigenvalue weighted by Gasteiger charge is 2.30. The van der Waals surface area contributed by atoms with Gasteiger partial charge in [0.15, 0.2) is 0 Å². The molecule has 4 heteroatoms. The fourth-order valence-corrected chi connectivity index (χ4v) is 3.17. The Morgan fingerprint density at radius 3 is 2.68 bits per heavy atom. The third-order valence-corrected chi connectivity index (χ3v) is 4.01. The zero-order valence-corrected chi connectivity index (χ0v) is 13.0. The summed E-state index contributed by atoms with van der Waals surface area (Å²) in [6, 6.07) is 8.62. The molecule has 1 amide bonds. The lowest BCUT2D eigenvalue weighted by Crippen LogP contribution is -2.55. The molecule has 1 unspecified atom stereocenters. The molecule has 1 aromatic rings. The number of benzene rings is 1. The van der Waals surface area contributed by atoms with Crippen molar-refractivity contribution in [2.24, 2.45) is 5.73 Å². The number of primary amides is 1. The van der Waals surface area contributed by atoms with E-state index in [0.29, 0.717) is 0 Å². The van der Waals surface area contributed by atoms with Crippen molar-refractivity contribution in [3.63, 3.8) is 0 Å². The molecule has 0 spiro atoms. The molecule has 0 aliphatic rings. The summed E-state index contributed by atoms with van der Waals surface area (Å²) in [5, 5.41) is 3.27. The van der Waals surface area contributed by atoms with Crippen molar-refractivity contribution in [3.05, 3.63) is 29.8 Å². The Morgan fingerprint density at radius 1 is 1.47 bits per heavy atom. The van der Waals surface area contributed by atoms with Gasteiger partial charge in [-0.2, -0.15) is 0 Å². The Balaban J connectivity index is 2.56. The van der Waals surface area contributed by atoms with E-state index < -0.39 is 5.54 Å². The largest absolute Gasteiger partial charge is 0.368 e. The molecule has 3 N–H and O–H groups in total. The maximum absolute atomic E-state index is 11.6. The molecule has 106 valence electrons. The van der Waals surface area contributed by atoms with Gasteiger partial charge in [-0.05, 0) is 46.2 Å². The third kappa shape index (κ3) is 5.25. The smallest absolute Gasteiger partial charge is 0.237 e. The first-order valence-corrected chi connectivity index (χ1v) is 7.59. The Bertz CT molecular complexity index is 434. The maximum Gasteiger partial charge on any atom is 0.237 e. The summed E-state index contributed by atoms with van der Waals surface area (Å²) in [6.45, 7) is 8.01. The Labute approximate surface area is 120 Å². The molecule has 0 aliphatic carbocycles. The molecular weight excluding hydrogens is 256 g/mol. The van der Waals surface area contributed by atoms with Gasteiger partial charge in [-0.15, -0.1) is 11.8 Å². The van der Waals surface area contributed by atoms with E-state index in [2.05, 4.69) is 36.5 Å². The van der Waals surface area contributed by atoms with Crippen LogP contribution in [0.15, 0.2) is 29.2 Å². The summed E-state index contributed by atoms with van der Waals surface area (Å²) in [4.78, 5) is 12.8. The van der Waals surface area contributed by atoms with E-state index in [0.717, 1.165) is 12.2 Å². The molecule has 0 aromatic heterocycles. The minimum atomic E-state index is -0.634. The van der Waals surface area contributed by atoms with Crippen molar-refractivity contribution in [3.8, 4) is 0 Å². The summed E-state index contributed by atoms with van der Waals surface area (Å²) in [7, 11) is 0. The zero-order valence-electron chi connectivity index (χ0n) is 12.2. The van der Waals surface area contributed by atoms with Gasteiger partial charge in [0.05, 0.1) is 5.54 Å². The number of hydrogen-bond acceptors (Lipinski definition) is 3. The number of nitrogens with two attached hydrogens (primary N) is 1. The molecular formula is C15H24N2OS. The number of carbonyl (C=O) groups excluding carboxylic acids is 1. The number of aryl methyl sites for hydroxylation is 1. The predicted molar refractivity (Wildman–Crippen MR) is 82.4 cm³/mol. The summed E-state index contributed by atoms with van der Waals surface area (Å²) in [5.41, 5.74) is 6.13. The summed E-state index contributed by atoms with van der Waals surface area (Å²) in [5.74, 6) is 0.578. The van der Waals surface area contributed by atoms with Crippen molar-refractivity contribution < 1.29 is 4.79 Å². The van der Waals surface area contributed by atoms with Crippen LogP contribution in [0.1, 0.15) is 32.8 Å². The average Bonchev–Trinajstić information content (AvgIpc) is 2.27. The fourth-order valence-electron chi connectivity index (χ4n) is 1.98. The minimum Gasteiger partial charge on any atom is -0.368 e. The molecule has 1 aromatic carbocycles. The van der Waals surface area contributed by atoms with E-state index >= 15 is 0 Å². The van der Waals surface area contributed by atoms with E-state index in [1.165, 1.54) is 10.5 Å². The van der Waals surface area contributed by atoms with Crippen molar-refractivity contribution >= 4 is 17.7 Å². The van der Waals surface area contributed by atoms with Crippen LogP contribution in [0.4, 0.5) is 0 Å². The molecule has 0 aliphatic heterocycles. The number of hydrogen-bond donors (Lipinski definition) is 2. The minimum absolute atomic E-state index is 0.237. The van der Waals surface area contributed by atoms with E-state index in [9.17, 15) is 4.79 Å². The maximum atomic E-state index is 11.6. The van der Waals surface area contributed by atoms with E-state index in [-0.39, 0.29) is 11.9 Å². The van der Waals surface area contributed by atoms with E-state index in [1.54, 1.807) is 11.8 Å². The first kappa shape index (κ1) is 16.1. The molecule has 0 saturated carbocycles. The van der Waals surface area contributed by atoms with Gasteiger partial charge >= 0.3 is 0 Å². The van der Waals surface area contributed by atoms with Crippen LogP contribution in [0.25, 0.3) is 0 Å². The van der Waals surface area contributed by atoms with Gasteiger partial charge in [0.1, 0.15) is 0 Å². The molecule has 1 rings (SSSR count). The third-order valence-electron chi connectivity index (χ3n) is 3.01. The molecule has 0 radical (unpaired) electrons. The van der Waals surface area contributed by atoms with E-state index in [4.69, 9.17) is 5.73 Å². The molecule has 19 heavy (non-hydrogen) atoms. The Morgan fingerprint density at radius 2 is 2.16 bits per heavy atom. The van der Waals surface area contributed by atoms with Crippen molar-refractivity contribution in [1.29, 1.82) is 0 Å². The van der Waals surface area contributed by atoms with Crippen LogP contribution in [-0.2, 0) is 4.79 Å². The van der Waals surface area contributed by atoms with Crippen LogP contribution < -0.4 is 11.1 Å². The van der Waals surface area contributed by atoms with Crippen molar-refractivity contribution in [2.75, 3.05) is 5.75 Å². The normalized spacial score (nSPS) is 14.4. The number of thioether (sulfide) groups is 1. The quantitative estimate of drug-likeness (QED) is 0.755. The highest BCUT2D eigenvalue weighted by Crippen LogP contribution is 2.23. The standard InChI is InChI=1S/C15H24N2OS/c1-11(2)17-15(4,14(16)18)8-9-19-13-7-5-6-12(3)10-13/h5-7,10-11,17H,8-9H2,1-4H3,(H2,16,18). The zero-order chi connectivity index (χ0) is 14.5. The Hall–Kier alpha value is -1.00. The van der Waals surface area contributed by atoms with Crippen LogP contribution >= 0.6 is 11.8 Å². The van der Waals surface area contributed by atoms with Crippen LogP contribution in [0.3, 0.4) is 0 Å². The van der Waals surface area contributed by atoms with Gasteiger partial charge in [-0.25, -0.2) is 0 Å². The fraction of sp³-hybridized carbons (Fsp3) is 0.533. The number of amides is 1. The second kappa shape index (κ2) is 6.96. The highest BCUT2D eigenvalue weighted by molar-refractivity contribution is 7.99. The highest BCUT2D eigenvalue weighted by atomic mass is 32.2. The first-order valence-electron chi connectivity index (χ1n) is 6.60. The summed E-state index contributed by atoms with van der Waals surface area (Å²) in [6.07, 6.45) is 0.721. The molecule has 3 nitrogen and oxygen atoms in total. The molecule has 0 fully saturated rings. The lowest BCUT2D eigenvalue weighted by atomic mass is 9.97. The van der Waals surface area contributed by atoms with Crippen molar-refractivity contribution in [2.45, 2.75) is 50.6 Å². The van der Waals surface area contributed by atoms with Gasteiger partial charge in [0.25, 0.3) is 0 Å². The van der Waals surface area contributed by atoms with Crippen LogP contribution in [0.5, 0.6) is 0 Å². The number of carbonyl (C=O) groups is 1. The summed E-state index contributed by atoms with van der Waals surface area (Å²) < 4.78 is 0. The lowest BCUT2D eigenvalue weighted by molar-refractivity contribution is -0.124. The Kier molecular flexibility index (Phi) is 5.88. The van der Waals surface area contributed by atoms with Gasteiger partial charge in [-0.1, -0.05) is 17.7 Å². The second-order valence-electron chi connectivity index (χ2n) is 5.41. The number of nitrogens with one attached hydrogen (secondary N) is 1. The van der Waals surface area contributed by atoms with Crippen LogP contribution in [-0.4, -0.2) is 23.2 Å². The SMILES string of the molecule is Cc1cccc(SCCC(C)(NC(C)C)C(N)=O)c1. The van der Waals surface area contributed by atoms with Gasteiger partial charge in [-0.3, -0.25) is 4.79 Å². The first-order chi connectivity index (χ1) is 8.83. The average molecular weight is 280 g/mol. The summed E-state index contributed by atoms with van der Waals surface area (Å²) >= 11 is 1.76. The van der Waals surface area contributed by atoms with Crippen LogP contribution in [0.2, 0.25) is 0 Å². The number of rotatable bonds is 7. The topological polar surface area (TPSA) is 55.1 Å². The van der Waals surface area contributed by atoms with Gasteiger partial charge in [0, 0.05) is 16.7 Å².